The minimum Gasteiger partial charge on any atom is -0.457 e. The molecule has 0 aromatic heterocycles. The van der Waals surface area contributed by atoms with Gasteiger partial charge in [-0.15, -0.1) is 0 Å². The summed E-state index contributed by atoms with van der Waals surface area (Å²) in [5.74, 6) is 3.27. The first-order valence-corrected chi connectivity index (χ1v) is 22.7. The second-order valence-corrected chi connectivity index (χ2v) is 18.4. The van der Waals surface area contributed by atoms with Gasteiger partial charge in [-0.25, -0.2) is 4.99 Å². The molecule has 5 atom stereocenters. The summed E-state index contributed by atoms with van der Waals surface area (Å²) in [5, 5.41) is 2.68. The largest absolute Gasteiger partial charge is 0.457 e. The summed E-state index contributed by atoms with van der Waals surface area (Å²) in [7, 11) is 0. The van der Waals surface area contributed by atoms with Crippen molar-refractivity contribution in [1.82, 2.24) is 0 Å². The molecule has 6 aliphatic rings. The van der Waals surface area contributed by atoms with Gasteiger partial charge in [0.1, 0.15) is 11.5 Å². The van der Waals surface area contributed by atoms with E-state index in [0.717, 1.165) is 55.0 Å². The Bertz CT molecular complexity index is 2730. The van der Waals surface area contributed by atoms with Crippen molar-refractivity contribution in [3.8, 4) is 11.5 Å². The number of aliphatic imine (C=N–C) groups is 1. The lowest BCUT2D eigenvalue weighted by atomic mass is 9.51. The van der Waals surface area contributed by atoms with Crippen molar-refractivity contribution in [1.29, 1.82) is 0 Å². The van der Waals surface area contributed by atoms with Crippen molar-refractivity contribution >= 4 is 17.4 Å². The topological polar surface area (TPSA) is 21.6 Å². The number of hydrogen-bond donors (Lipinski definition) is 0. The molecular formula is C59H57NO. The van der Waals surface area contributed by atoms with Crippen LogP contribution in [0.1, 0.15) is 93.9 Å². The third-order valence-corrected chi connectivity index (χ3v) is 14.7. The van der Waals surface area contributed by atoms with Crippen LogP contribution in [0.3, 0.4) is 0 Å². The van der Waals surface area contributed by atoms with Crippen LogP contribution in [0.2, 0.25) is 0 Å². The molecule has 10 rings (SSSR count). The monoisotopic (exact) mass is 795 g/mol. The quantitative estimate of drug-likeness (QED) is 0.129. The van der Waals surface area contributed by atoms with Crippen LogP contribution in [-0.4, -0.2) is 5.71 Å². The van der Waals surface area contributed by atoms with Crippen LogP contribution in [-0.2, 0) is 5.41 Å². The van der Waals surface area contributed by atoms with E-state index >= 15 is 0 Å². The van der Waals surface area contributed by atoms with Gasteiger partial charge < -0.3 is 4.74 Å². The zero-order valence-corrected chi connectivity index (χ0v) is 36.0. The highest BCUT2D eigenvalue weighted by molar-refractivity contribution is 6.12. The molecule has 0 bridgehead atoms. The first-order valence-electron chi connectivity index (χ1n) is 22.7. The van der Waals surface area contributed by atoms with Gasteiger partial charge in [-0.2, -0.15) is 0 Å². The van der Waals surface area contributed by atoms with E-state index in [1.165, 1.54) is 67.8 Å². The summed E-state index contributed by atoms with van der Waals surface area (Å²) >= 11 is 0. The maximum absolute atomic E-state index is 6.64. The molecule has 0 amide bonds. The summed E-state index contributed by atoms with van der Waals surface area (Å²) in [6.07, 6.45) is 35.9. The molecule has 0 fully saturated rings. The van der Waals surface area contributed by atoms with Gasteiger partial charge in [0.05, 0.1) is 16.8 Å². The van der Waals surface area contributed by atoms with E-state index in [-0.39, 0.29) is 11.3 Å². The van der Waals surface area contributed by atoms with Crippen LogP contribution in [0, 0.1) is 23.2 Å². The van der Waals surface area contributed by atoms with Crippen LogP contribution in [0.15, 0.2) is 198 Å². The standard InChI is InChI=1S/C59H57NO/c1-40-18-6-8-20-48(40)42(3)60-55(46-32-35-52-45(39-46)29-28-43-19-7-9-23-51(43)52)38-41(2)49-21-10-11-22-50(49)44-30-33-47(34-31-44)59(58(4)36-16-5-17-37-58)53-24-12-14-26-56(53)61-57-27-15-13-25-54(57)59/h5,7,9-10,12-17,19-21,23-28,30-36,38-40,45,49-50H,3,6,8,11,18,22,29,37H2,1-2,4H3/b41-38+,60-55+. The van der Waals surface area contributed by atoms with E-state index in [4.69, 9.17) is 9.73 Å². The van der Waals surface area contributed by atoms with Gasteiger partial charge in [0.2, 0.25) is 0 Å². The molecule has 61 heavy (non-hydrogen) atoms. The highest BCUT2D eigenvalue weighted by atomic mass is 16.5. The number of fused-ring (bicyclic) bond motifs is 4. The minimum absolute atomic E-state index is 0.223. The molecule has 1 heterocycles. The van der Waals surface area contributed by atoms with Crippen LogP contribution >= 0.6 is 0 Å². The van der Waals surface area contributed by atoms with E-state index < -0.39 is 5.41 Å². The van der Waals surface area contributed by atoms with Crippen LogP contribution in [0.25, 0.3) is 11.6 Å². The van der Waals surface area contributed by atoms with Gasteiger partial charge in [-0.1, -0.05) is 178 Å². The minimum atomic E-state index is -0.449. The third kappa shape index (κ3) is 6.85. The summed E-state index contributed by atoms with van der Waals surface area (Å²) < 4.78 is 6.64. The van der Waals surface area contributed by atoms with Crippen molar-refractivity contribution < 1.29 is 4.74 Å². The fourth-order valence-electron chi connectivity index (χ4n) is 11.6. The second-order valence-electron chi connectivity index (χ2n) is 18.4. The first-order chi connectivity index (χ1) is 29.8. The molecule has 0 radical (unpaired) electrons. The maximum atomic E-state index is 6.64. The summed E-state index contributed by atoms with van der Waals surface area (Å²) in [6, 6.07) is 35.9. The number of benzene rings is 4. The average Bonchev–Trinajstić information content (AvgIpc) is 3.30. The Balaban J connectivity index is 1.03. The van der Waals surface area contributed by atoms with Crippen molar-refractivity contribution in [3.05, 3.63) is 226 Å². The molecule has 0 spiro atoms. The van der Waals surface area contributed by atoms with Gasteiger partial charge in [-0.05, 0) is 120 Å². The SMILES string of the molecule is C=C(/N=C(\C=C(/C)C1C=CCCC1c1ccc(C2(C3(C)C=CC=CC3)c3ccccc3Oc3ccccc32)cc1)C1=CC2CC=c3ccccc3=C2C=C1)C1=CCCCC1C. The molecule has 0 saturated heterocycles. The van der Waals surface area contributed by atoms with Crippen molar-refractivity contribution in [3.63, 3.8) is 0 Å². The maximum Gasteiger partial charge on any atom is 0.131 e. The van der Waals surface area contributed by atoms with E-state index in [9.17, 15) is 0 Å². The Labute approximate surface area is 362 Å². The van der Waals surface area contributed by atoms with Crippen LogP contribution < -0.4 is 15.2 Å². The Morgan fingerprint density at radius 2 is 1.57 bits per heavy atom. The number of ether oxygens (including phenoxy) is 1. The molecule has 1 aliphatic heterocycles. The number of hydrogen-bond acceptors (Lipinski definition) is 2. The molecule has 4 aromatic carbocycles. The van der Waals surface area contributed by atoms with Gasteiger partial charge in [0.15, 0.2) is 0 Å². The van der Waals surface area contributed by atoms with Crippen LogP contribution in [0.5, 0.6) is 11.5 Å². The number of allylic oxidation sites excluding steroid dienone is 14. The Morgan fingerprint density at radius 1 is 0.820 bits per heavy atom. The first kappa shape index (κ1) is 39.2. The Morgan fingerprint density at radius 3 is 2.33 bits per heavy atom. The van der Waals surface area contributed by atoms with Crippen molar-refractivity contribution in [2.24, 2.45) is 28.2 Å². The molecule has 304 valence electrons. The highest BCUT2D eigenvalue weighted by Crippen LogP contribution is 2.62. The third-order valence-electron chi connectivity index (χ3n) is 14.7. The Kier molecular flexibility index (Phi) is 10.4. The van der Waals surface area contributed by atoms with Crippen LogP contribution in [0.4, 0.5) is 0 Å². The molecule has 5 unspecified atom stereocenters. The highest BCUT2D eigenvalue weighted by Gasteiger charge is 2.54. The summed E-state index contributed by atoms with van der Waals surface area (Å²) in [6.45, 7) is 11.7. The van der Waals surface area contributed by atoms with Gasteiger partial charge in [0, 0.05) is 28.4 Å². The zero-order chi connectivity index (χ0) is 41.6. The molecule has 2 nitrogen and oxygen atoms in total. The molecule has 0 saturated carbocycles. The van der Waals surface area contributed by atoms with Crippen molar-refractivity contribution in [2.45, 2.75) is 77.0 Å². The van der Waals surface area contributed by atoms with E-state index in [2.05, 4.69) is 197 Å². The lowest BCUT2D eigenvalue weighted by Crippen LogP contribution is -2.46. The molecule has 2 heteroatoms. The van der Waals surface area contributed by atoms with Gasteiger partial charge in [0.25, 0.3) is 0 Å². The second kappa shape index (κ2) is 16.1. The predicted octanol–water partition coefficient (Wildman–Crippen LogP) is 13.5. The molecule has 0 N–H and O–H groups in total. The summed E-state index contributed by atoms with van der Waals surface area (Å²) in [4.78, 5) is 5.44. The molecule has 5 aliphatic carbocycles. The number of nitrogens with zero attached hydrogens (tertiary/aromatic N) is 1. The number of rotatable bonds is 8. The summed E-state index contributed by atoms with van der Waals surface area (Å²) in [5.41, 5.74) is 11.6. The number of para-hydroxylation sites is 2. The van der Waals surface area contributed by atoms with E-state index in [0.29, 0.717) is 17.8 Å². The zero-order valence-electron chi connectivity index (χ0n) is 36.0. The van der Waals surface area contributed by atoms with Gasteiger partial charge in [-0.3, -0.25) is 0 Å². The smallest absolute Gasteiger partial charge is 0.131 e. The predicted molar refractivity (Wildman–Crippen MR) is 255 cm³/mol. The molecule has 4 aromatic rings. The van der Waals surface area contributed by atoms with Crippen molar-refractivity contribution in [2.75, 3.05) is 0 Å². The van der Waals surface area contributed by atoms with E-state index in [1.54, 1.807) is 0 Å². The molecular weight excluding hydrogens is 739 g/mol. The lowest BCUT2D eigenvalue weighted by molar-refractivity contribution is 0.261. The average molecular weight is 796 g/mol. The normalized spacial score (nSPS) is 26.1. The van der Waals surface area contributed by atoms with Gasteiger partial charge >= 0.3 is 0 Å². The fourth-order valence-corrected chi connectivity index (χ4v) is 11.6. The lowest BCUT2D eigenvalue weighted by Gasteiger charge is -2.52. The van der Waals surface area contributed by atoms with E-state index in [1.807, 2.05) is 0 Å². The Hall–Kier alpha value is -5.99. The fraction of sp³-hybridized carbons (Fsp3) is 0.271.